The van der Waals surface area contributed by atoms with Crippen LogP contribution in [0.2, 0.25) is 0 Å². The molecule has 2 aliphatic rings. The average Bonchev–Trinajstić information content (AvgIpc) is 2.82. The lowest BCUT2D eigenvalue weighted by Crippen LogP contribution is -2.51. The number of hydrogen-bond acceptors (Lipinski definition) is 4. The van der Waals surface area contributed by atoms with Crippen molar-refractivity contribution in [2.45, 2.75) is 31.8 Å². The number of benzene rings is 3. The van der Waals surface area contributed by atoms with E-state index in [0.29, 0.717) is 24.3 Å². The summed E-state index contributed by atoms with van der Waals surface area (Å²) in [5.41, 5.74) is 4.33. The molecule has 0 aromatic heterocycles. The van der Waals surface area contributed by atoms with Gasteiger partial charge < -0.3 is 4.74 Å². The second-order valence-corrected chi connectivity index (χ2v) is 9.03. The fourth-order valence-electron chi connectivity index (χ4n) is 4.78. The van der Waals surface area contributed by atoms with Gasteiger partial charge in [-0.15, -0.1) is 0 Å². The third-order valence-electron chi connectivity index (χ3n) is 6.69. The van der Waals surface area contributed by atoms with Gasteiger partial charge in [0.1, 0.15) is 11.4 Å². The zero-order chi connectivity index (χ0) is 22.1. The first-order chi connectivity index (χ1) is 15.5. The summed E-state index contributed by atoms with van der Waals surface area (Å²) in [6, 6.07) is 23.8. The maximum Gasteiger partial charge on any atom is 0.176 e. The highest BCUT2D eigenvalue weighted by Crippen LogP contribution is 2.39. The van der Waals surface area contributed by atoms with Gasteiger partial charge in [0.05, 0.1) is 18.5 Å². The first-order valence-corrected chi connectivity index (χ1v) is 11.3. The molecule has 1 fully saturated rings. The molecule has 0 amide bonds. The van der Waals surface area contributed by atoms with Crippen molar-refractivity contribution in [2.24, 2.45) is 0 Å². The fourth-order valence-corrected chi connectivity index (χ4v) is 4.78. The highest BCUT2D eigenvalue weighted by atomic mass is 16.5. The van der Waals surface area contributed by atoms with E-state index in [1.165, 1.54) is 0 Å². The van der Waals surface area contributed by atoms with Crippen LogP contribution in [0.3, 0.4) is 0 Å². The molecule has 2 heterocycles. The van der Waals surface area contributed by atoms with Crippen molar-refractivity contribution in [2.75, 3.05) is 19.6 Å². The van der Waals surface area contributed by atoms with Gasteiger partial charge in [-0.05, 0) is 30.2 Å². The molecule has 4 nitrogen and oxygen atoms in total. The normalized spacial score (nSPS) is 17.6. The van der Waals surface area contributed by atoms with Crippen molar-refractivity contribution in [1.82, 2.24) is 4.90 Å². The van der Waals surface area contributed by atoms with Gasteiger partial charge in [0.2, 0.25) is 0 Å². The summed E-state index contributed by atoms with van der Waals surface area (Å²) in [7, 11) is 0. The Hall–Kier alpha value is -3.24. The molecule has 2 aliphatic heterocycles. The van der Waals surface area contributed by atoms with Crippen LogP contribution in [0, 0.1) is 6.92 Å². The highest BCUT2D eigenvalue weighted by Gasteiger charge is 2.43. The van der Waals surface area contributed by atoms with Crippen molar-refractivity contribution in [3.63, 3.8) is 0 Å². The van der Waals surface area contributed by atoms with Crippen molar-refractivity contribution < 1.29 is 14.3 Å². The number of ketones is 2. The molecule has 0 atom stereocenters. The highest BCUT2D eigenvalue weighted by molar-refractivity contribution is 6.00. The second kappa shape index (κ2) is 8.36. The first kappa shape index (κ1) is 20.7. The van der Waals surface area contributed by atoms with Crippen molar-refractivity contribution in [1.29, 1.82) is 0 Å². The number of piperidine rings is 1. The van der Waals surface area contributed by atoms with Crippen molar-refractivity contribution >= 4 is 11.6 Å². The molecule has 1 spiro atoms. The van der Waals surface area contributed by atoms with Gasteiger partial charge in [-0.1, -0.05) is 66.2 Å². The molecular formula is C28H27NO3. The number of carbonyl (C=O) groups is 2. The van der Waals surface area contributed by atoms with E-state index in [4.69, 9.17) is 4.74 Å². The minimum absolute atomic E-state index is 0.127. The number of Topliss-reactive ketones (excluding diaryl/α,β-unsaturated/α-hetero) is 2. The van der Waals surface area contributed by atoms with Gasteiger partial charge in [0.25, 0.3) is 0 Å². The van der Waals surface area contributed by atoms with Gasteiger partial charge >= 0.3 is 0 Å². The van der Waals surface area contributed by atoms with Crippen LogP contribution in [0.4, 0.5) is 0 Å². The Morgan fingerprint density at radius 3 is 2.34 bits per heavy atom. The van der Waals surface area contributed by atoms with Crippen LogP contribution in [0.1, 0.15) is 45.5 Å². The van der Waals surface area contributed by atoms with E-state index in [9.17, 15) is 9.59 Å². The molecule has 0 N–H and O–H groups in total. The number of fused-ring (bicyclic) bond motifs is 1. The van der Waals surface area contributed by atoms with Crippen molar-refractivity contribution in [3.8, 4) is 16.9 Å². The van der Waals surface area contributed by atoms with E-state index in [2.05, 4.69) is 17.0 Å². The van der Waals surface area contributed by atoms with Crippen LogP contribution < -0.4 is 4.74 Å². The number of aryl methyl sites for hydroxylation is 1. The third-order valence-corrected chi connectivity index (χ3v) is 6.69. The van der Waals surface area contributed by atoms with E-state index in [-0.39, 0.29) is 11.6 Å². The number of carbonyl (C=O) groups excluding carboxylic acids is 2. The van der Waals surface area contributed by atoms with Crippen molar-refractivity contribution in [3.05, 3.63) is 89.5 Å². The zero-order valence-electron chi connectivity index (χ0n) is 18.3. The maximum atomic E-state index is 12.8. The van der Waals surface area contributed by atoms with Gasteiger partial charge in [-0.3, -0.25) is 14.5 Å². The summed E-state index contributed by atoms with van der Waals surface area (Å²) in [5.74, 6) is 0.995. The molecule has 1 saturated heterocycles. The maximum absolute atomic E-state index is 12.8. The summed E-state index contributed by atoms with van der Waals surface area (Å²) in [6.45, 7) is 3.89. The number of rotatable bonds is 4. The second-order valence-electron chi connectivity index (χ2n) is 9.03. The fraction of sp³-hybridized carbons (Fsp3) is 0.286. The SMILES string of the molecule is Cc1ccc2c(c1)C(=O)CC1(CCN(CC(=O)c3ccc(-c4ccccc4)cc3)CC1)O2. The summed E-state index contributed by atoms with van der Waals surface area (Å²) in [6.07, 6.45) is 1.94. The smallest absolute Gasteiger partial charge is 0.176 e. The number of nitrogens with zero attached hydrogens (tertiary/aromatic N) is 1. The van der Waals surface area contributed by atoms with E-state index in [0.717, 1.165) is 48.2 Å². The molecule has 3 aromatic carbocycles. The molecule has 0 aliphatic carbocycles. The Bertz CT molecular complexity index is 1140. The molecule has 3 aromatic rings. The molecule has 4 heteroatoms. The minimum Gasteiger partial charge on any atom is -0.486 e. The van der Waals surface area contributed by atoms with E-state index in [1.54, 1.807) is 0 Å². The first-order valence-electron chi connectivity index (χ1n) is 11.3. The lowest BCUT2D eigenvalue weighted by Gasteiger charge is -2.43. The van der Waals surface area contributed by atoms with E-state index >= 15 is 0 Å². The summed E-state index contributed by atoms with van der Waals surface area (Å²) < 4.78 is 6.35. The van der Waals surface area contributed by atoms with Gasteiger partial charge in [-0.25, -0.2) is 0 Å². The van der Waals surface area contributed by atoms with E-state index < -0.39 is 5.60 Å². The summed E-state index contributed by atoms with van der Waals surface area (Å²) in [4.78, 5) is 27.8. The van der Waals surface area contributed by atoms with Crippen LogP contribution in [0.25, 0.3) is 11.1 Å². The Balaban J connectivity index is 1.20. The quantitative estimate of drug-likeness (QED) is 0.529. The summed E-state index contributed by atoms with van der Waals surface area (Å²) >= 11 is 0. The monoisotopic (exact) mass is 425 g/mol. The predicted octanol–water partition coefficient (Wildman–Crippen LogP) is 5.34. The Kier molecular flexibility index (Phi) is 5.40. The largest absolute Gasteiger partial charge is 0.486 e. The Labute approximate surface area is 188 Å². The molecule has 162 valence electrons. The van der Waals surface area contributed by atoms with Crippen LogP contribution in [-0.2, 0) is 0 Å². The average molecular weight is 426 g/mol. The molecular weight excluding hydrogens is 398 g/mol. The standard InChI is InChI=1S/C28H27NO3/c1-20-7-12-27-24(17-20)25(30)18-28(32-27)13-15-29(16-14-28)19-26(31)23-10-8-22(9-11-23)21-5-3-2-4-6-21/h2-12,17H,13-16,18-19H2,1H3. The zero-order valence-corrected chi connectivity index (χ0v) is 18.3. The molecule has 0 radical (unpaired) electrons. The molecule has 32 heavy (non-hydrogen) atoms. The third kappa shape index (κ3) is 4.11. The molecule has 0 bridgehead atoms. The lowest BCUT2D eigenvalue weighted by molar-refractivity contribution is -0.00803. The molecule has 0 saturated carbocycles. The summed E-state index contributed by atoms with van der Waals surface area (Å²) in [5, 5.41) is 0. The number of ether oxygens (including phenoxy) is 1. The van der Waals surface area contributed by atoms with Crippen LogP contribution >= 0.6 is 0 Å². The Morgan fingerprint density at radius 2 is 1.62 bits per heavy atom. The topological polar surface area (TPSA) is 46.6 Å². The number of likely N-dealkylation sites (tertiary alicyclic amines) is 1. The van der Waals surface area contributed by atoms with Gasteiger partial charge in [-0.2, -0.15) is 0 Å². The van der Waals surface area contributed by atoms with Gasteiger partial charge in [0, 0.05) is 31.5 Å². The van der Waals surface area contributed by atoms with Crippen LogP contribution in [-0.4, -0.2) is 41.7 Å². The van der Waals surface area contributed by atoms with Crippen LogP contribution in [0.15, 0.2) is 72.8 Å². The van der Waals surface area contributed by atoms with E-state index in [1.807, 2.05) is 67.6 Å². The lowest BCUT2D eigenvalue weighted by atomic mass is 9.82. The Morgan fingerprint density at radius 1 is 0.938 bits per heavy atom. The number of hydrogen-bond donors (Lipinski definition) is 0. The predicted molar refractivity (Wildman–Crippen MR) is 125 cm³/mol. The van der Waals surface area contributed by atoms with Gasteiger partial charge in [0.15, 0.2) is 11.6 Å². The molecule has 5 rings (SSSR count). The molecule has 0 unspecified atom stereocenters. The minimum atomic E-state index is -0.434. The van der Waals surface area contributed by atoms with Crippen LogP contribution in [0.5, 0.6) is 5.75 Å².